The van der Waals surface area contributed by atoms with Crippen LogP contribution in [0.1, 0.15) is 82.5 Å². The fourth-order valence-corrected chi connectivity index (χ4v) is 9.94. The average Bonchev–Trinajstić information content (AvgIpc) is 0.764. The molecule has 83 heavy (non-hydrogen) atoms. The second-order valence-corrected chi connectivity index (χ2v) is 20.4. The third-order valence-electron chi connectivity index (χ3n) is 14.0. The minimum atomic E-state index is -0.576. The summed E-state index contributed by atoms with van der Waals surface area (Å²) in [6.07, 6.45) is 0.378. The lowest BCUT2D eigenvalue weighted by Crippen LogP contribution is -2.48. The Morgan fingerprint density at radius 2 is 0.554 bits per heavy atom. The third-order valence-corrected chi connectivity index (χ3v) is 14.0. The minimum absolute atomic E-state index is 0.112. The van der Waals surface area contributed by atoms with Gasteiger partial charge in [0.25, 0.3) is 23.6 Å². The molecule has 458 valence electrons. The van der Waals surface area contributed by atoms with Crippen LogP contribution in [0, 0.1) is 0 Å². The highest BCUT2D eigenvalue weighted by Gasteiger charge is 2.40. The molecule has 0 fully saturated rings. The fraction of sp³-hybridized carbons (Fsp3) is 0.613. The predicted octanol–water partition coefficient (Wildman–Crippen LogP) is 6.77. The van der Waals surface area contributed by atoms with Gasteiger partial charge in [-0.15, -0.1) is 0 Å². The molecular weight excluding hydrogens is 1080 g/mol. The van der Waals surface area contributed by atoms with Crippen LogP contribution < -0.4 is 0 Å². The molecule has 2 heterocycles. The van der Waals surface area contributed by atoms with E-state index >= 15 is 0 Å². The molecule has 0 saturated carbocycles. The number of hydrogen-bond donors (Lipinski definition) is 0. The molecule has 0 radical (unpaired) electrons. The normalized spacial score (nSPS) is 15.1. The summed E-state index contributed by atoms with van der Waals surface area (Å²) < 4.78 is 83.6. The molecule has 0 saturated heterocycles. The lowest BCUT2D eigenvalue weighted by molar-refractivity contribution is -0.0415. The Kier molecular flexibility index (Phi) is 28.1. The molecule has 5 aromatic carbocycles. The second-order valence-electron chi connectivity index (χ2n) is 20.4. The van der Waals surface area contributed by atoms with Crippen molar-refractivity contribution in [3.8, 4) is 0 Å². The summed E-state index contributed by atoms with van der Waals surface area (Å²) >= 11 is 0. The highest BCUT2D eigenvalue weighted by atomic mass is 16.6. The van der Waals surface area contributed by atoms with E-state index in [4.69, 9.17) is 71.1 Å². The van der Waals surface area contributed by atoms with Crippen molar-refractivity contribution in [2.45, 2.75) is 65.3 Å². The summed E-state index contributed by atoms with van der Waals surface area (Å²) in [5.74, 6) is -1.62. The summed E-state index contributed by atoms with van der Waals surface area (Å²) in [6.45, 7) is 21.4. The smallest absolute Gasteiger partial charge is 0.261 e. The van der Waals surface area contributed by atoms with Crippen molar-refractivity contribution < 1.29 is 90.2 Å². The van der Waals surface area contributed by atoms with Crippen LogP contribution in [0.2, 0.25) is 0 Å². The molecule has 21 nitrogen and oxygen atoms in total. The standard InChI is InChI=1S/C62H86N2O19/c1-7-16-70-19-20-72-23-24-74-27-29-76-31-33-78-35-37-80-41-45(4)82-39-43(2)63-59(65)51-12-8-47-49-10-14-53-58-54(15-11-50(56(49)58)48-9-13-52(60(63)66)57(51)55(47)48)62(68)64(61(53)67)44(3)40-83-46(5)42-81-38-36-79-34-32-77-30-28-75-26-25-73-22-21-71-18-17-69-6/h8-15,43-46H,7,16-42H2,1-6H3. The van der Waals surface area contributed by atoms with Gasteiger partial charge in [0.1, 0.15) is 0 Å². The van der Waals surface area contributed by atoms with Crippen molar-refractivity contribution in [3.05, 3.63) is 70.8 Å². The number of carbonyl (C=O) groups excluding carboxylic acids is 4. The highest BCUT2D eigenvalue weighted by molar-refractivity contribution is 6.41. The maximum atomic E-state index is 14.3. The summed E-state index contributed by atoms with van der Waals surface area (Å²) in [5, 5.41) is 5.96. The number of benzene rings is 5. The second kappa shape index (κ2) is 35.5. The molecule has 0 spiro atoms. The van der Waals surface area contributed by atoms with E-state index in [1.54, 1.807) is 45.2 Å². The molecule has 0 aromatic heterocycles. The Morgan fingerprint density at radius 3 is 0.807 bits per heavy atom. The van der Waals surface area contributed by atoms with Crippen molar-refractivity contribution >= 4 is 66.7 Å². The van der Waals surface area contributed by atoms with E-state index in [1.807, 2.05) is 38.1 Å². The molecule has 7 rings (SSSR count). The largest absolute Gasteiger partial charge is 0.382 e. The maximum Gasteiger partial charge on any atom is 0.261 e. The number of fused-ring (bicyclic) bond motifs is 2. The number of methoxy groups -OCH3 is 1. The Bertz CT molecular complexity index is 2670. The first-order chi connectivity index (χ1) is 40.6. The van der Waals surface area contributed by atoms with Crippen molar-refractivity contribution in [1.29, 1.82) is 0 Å². The number of nitrogens with zero attached hydrogens (tertiary/aromatic N) is 2. The van der Waals surface area contributed by atoms with E-state index in [-0.39, 0.29) is 25.4 Å². The van der Waals surface area contributed by atoms with E-state index in [0.717, 1.165) is 45.3 Å². The minimum Gasteiger partial charge on any atom is -0.382 e. The zero-order valence-electron chi connectivity index (χ0n) is 49.4. The summed E-state index contributed by atoms with van der Waals surface area (Å²) in [6, 6.07) is 13.5. The van der Waals surface area contributed by atoms with Gasteiger partial charge in [0.05, 0.1) is 196 Å². The summed E-state index contributed by atoms with van der Waals surface area (Å²) in [5.41, 5.74) is 1.66. The van der Waals surface area contributed by atoms with E-state index in [1.165, 1.54) is 9.80 Å². The van der Waals surface area contributed by atoms with Gasteiger partial charge in [-0.2, -0.15) is 0 Å². The first-order valence-corrected chi connectivity index (χ1v) is 29.2. The molecule has 21 heteroatoms. The number of imide groups is 2. The van der Waals surface area contributed by atoms with Crippen molar-refractivity contribution in [3.63, 3.8) is 0 Å². The number of rotatable bonds is 47. The van der Waals surface area contributed by atoms with Crippen LogP contribution in [0.3, 0.4) is 0 Å². The molecule has 2 aliphatic heterocycles. The lowest BCUT2D eigenvalue weighted by Gasteiger charge is -2.34. The predicted molar refractivity (Wildman–Crippen MR) is 310 cm³/mol. The number of hydrogen-bond acceptors (Lipinski definition) is 19. The van der Waals surface area contributed by atoms with Crippen LogP contribution >= 0.6 is 0 Å². The van der Waals surface area contributed by atoms with Gasteiger partial charge in [-0.1, -0.05) is 31.2 Å². The van der Waals surface area contributed by atoms with E-state index in [9.17, 15) is 19.2 Å². The van der Waals surface area contributed by atoms with Gasteiger partial charge in [0.15, 0.2) is 0 Å². The molecular formula is C62H86N2O19. The van der Waals surface area contributed by atoms with Crippen LogP contribution in [0.25, 0.3) is 43.1 Å². The molecule has 4 atom stereocenters. The SMILES string of the molecule is CCCOCCOCCOCCOCCOCCOCC(C)OCC(C)N1C(=O)c2ccc3c4ccc5c6c(ccc(c7ccc(c2c37)C1=O)c64)C(=O)N(C(C)COC(C)COCCOCCOCCOCCOCCOCCOC)C5=O. The highest BCUT2D eigenvalue weighted by Crippen LogP contribution is 2.46. The quantitative estimate of drug-likeness (QED) is 0.0170. The molecule has 0 bridgehead atoms. The number of carbonyl (C=O) groups is 4. The van der Waals surface area contributed by atoms with Crippen molar-refractivity contribution in [1.82, 2.24) is 9.80 Å². The van der Waals surface area contributed by atoms with Crippen LogP contribution in [0.4, 0.5) is 0 Å². The molecule has 4 amide bonds. The van der Waals surface area contributed by atoms with Gasteiger partial charge in [-0.3, -0.25) is 29.0 Å². The van der Waals surface area contributed by atoms with Crippen molar-refractivity contribution in [2.24, 2.45) is 0 Å². The summed E-state index contributed by atoms with van der Waals surface area (Å²) in [4.78, 5) is 59.9. The van der Waals surface area contributed by atoms with Crippen molar-refractivity contribution in [2.75, 3.05) is 185 Å². The van der Waals surface area contributed by atoms with Gasteiger partial charge in [-0.05, 0) is 90.7 Å². The molecule has 0 N–H and O–H groups in total. The van der Waals surface area contributed by atoms with E-state index < -0.39 is 35.7 Å². The van der Waals surface area contributed by atoms with E-state index in [0.29, 0.717) is 192 Å². The van der Waals surface area contributed by atoms with E-state index in [2.05, 4.69) is 6.92 Å². The van der Waals surface area contributed by atoms with Gasteiger partial charge in [0, 0.05) is 46.7 Å². The zero-order valence-corrected chi connectivity index (χ0v) is 49.4. The van der Waals surface area contributed by atoms with Gasteiger partial charge < -0.3 is 71.1 Å². The molecule has 2 aliphatic rings. The topological polar surface area (TPSA) is 213 Å². The first-order valence-electron chi connectivity index (χ1n) is 29.2. The number of amides is 4. The van der Waals surface area contributed by atoms with Gasteiger partial charge >= 0.3 is 0 Å². The maximum absolute atomic E-state index is 14.3. The molecule has 4 unspecified atom stereocenters. The van der Waals surface area contributed by atoms with Crippen LogP contribution in [-0.4, -0.2) is 243 Å². The molecule has 0 aliphatic carbocycles. The average molecular weight is 1160 g/mol. The van der Waals surface area contributed by atoms with Crippen LogP contribution in [0.5, 0.6) is 0 Å². The monoisotopic (exact) mass is 1160 g/mol. The Balaban J connectivity index is 0.821. The fourth-order valence-electron chi connectivity index (χ4n) is 9.94. The van der Waals surface area contributed by atoms with Crippen LogP contribution in [0.15, 0.2) is 48.5 Å². The van der Waals surface area contributed by atoms with Gasteiger partial charge in [0.2, 0.25) is 0 Å². The third kappa shape index (κ3) is 18.3. The Morgan fingerprint density at radius 1 is 0.313 bits per heavy atom. The first kappa shape index (κ1) is 65.6. The zero-order chi connectivity index (χ0) is 58.8. The Labute approximate surface area is 486 Å². The molecule has 5 aromatic rings. The Hall–Kier alpha value is -4.92. The number of ether oxygens (including phenoxy) is 15. The lowest BCUT2D eigenvalue weighted by atomic mass is 9.82. The van der Waals surface area contributed by atoms with Gasteiger partial charge in [-0.25, -0.2) is 0 Å². The summed E-state index contributed by atoms with van der Waals surface area (Å²) in [7, 11) is 1.63. The van der Waals surface area contributed by atoms with Crippen LogP contribution in [-0.2, 0) is 71.1 Å².